The SMILES string of the molecule is Cc1c(C(=O)Nc2ccccc2OC(F)F)cnn1-c1ccc(C(F)(F)F)cn1. The molecule has 0 fully saturated rings. The number of amides is 1. The lowest BCUT2D eigenvalue weighted by molar-refractivity contribution is -0.137. The molecular weight excluding hydrogens is 399 g/mol. The van der Waals surface area contributed by atoms with Gasteiger partial charge in [0, 0.05) is 6.20 Å². The summed E-state index contributed by atoms with van der Waals surface area (Å²) in [4.78, 5) is 16.3. The number of benzene rings is 1. The summed E-state index contributed by atoms with van der Waals surface area (Å²) in [6.07, 6.45) is -2.67. The lowest BCUT2D eigenvalue weighted by Gasteiger charge is -2.11. The predicted octanol–water partition coefficient (Wildman–Crippen LogP) is 4.45. The zero-order chi connectivity index (χ0) is 21.2. The van der Waals surface area contributed by atoms with Crippen LogP contribution in [-0.2, 0) is 6.18 Å². The van der Waals surface area contributed by atoms with Gasteiger partial charge in [0.05, 0.1) is 28.7 Å². The van der Waals surface area contributed by atoms with Gasteiger partial charge in [0.25, 0.3) is 5.91 Å². The fraction of sp³-hybridized carbons (Fsp3) is 0.167. The summed E-state index contributed by atoms with van der Waals surface area (Å²) >= 11 is 0. The molecule has 1 aromatic carbocycles. The normalized spacial score (nSPS) is 11.6. The molecule has 0 saturated heterocycles. The number of nitrogens with one attached hydrogen (secondary N) is 1. The van der Waals surface area contributed by atoms with Crippen LogP contribution < -0.4 is 10.1 Å². The van der Waals surface area contributed by atoms with Gasteiger partial charge in [-0.2, -0.15) is 27.1 Å². The average Bonchev–Trinajstić information content (AvgIpc) is 3.04. The molecule has 1 N–H and O–H groups in total. The number of alkyl halides is 5. The van der Waals surface area contributed by atoms with Crippen molar-refractivity contribution in [1.29, 1.82) is 0 Å². The van der Waals surface area contributed by atoms with Crippen molar-refractivity contribution in [2.24, 2.45) is 0 Å². The number of rotatable bonds is 5. The van der Waals surface area contributed by atoms with E-state index in [-0.39, 0.29) is 22.8 Å². The molecule has 0 aliphatic carbocycles. The standard InChI is InChI=1S/C18H13F5N4O2/c1-10-12(16(28)26-13-4-2-3-5-14(13)29-17(19)20)9-25-27(10)15-7-6-11(8-24-15)18(21,22)23/h2-9,17H,1H3,(H,26,28). The minimum absolute atomic E-state index is 0.0256. The first-order valence-electron chi connectivity index (χ1n) is 8.10. The van der Waals surface area contributed by atoms with Gasteiger partial charge in [0.2, 0.25) is 0 Å². The lowest BCUT2D eigenvalue weighted by atomic mass is 10.2. The summed E-state index contributed by atoms with van der Waals surface area (Å²) < 4.78 is 68.5. The number of carbonyl (C=O) groups excluding carboxylic acids is 1. The summed E-state index contributed by atoms with van der Waals surface area (Å²) in [6, 6.07) is 7.61. The molecule has 3 rings (SSSR count). The molecule has 0 saturated carbocycles. The smallest absolute Gasteiger partial charge is 0.417 e. The largest absolute Gasteiger partial charge is 0.433 e. The van der Waals surface area contributed by atoms with Crippen molar-refractivity contribution in [3.63, 3.8) is 0 Å². The van der Waals surface area contributed by atoms with Gasteiger partial charge < -0.3 is 10.1 Å². The van der Waals surface area contributed by atoms with Crippen LogP contribution in [0.3, 0.4) is 0 Å². The van der Waals surface area contributed by atoms with Crippen LogP contribution in [0.5, 0.6) is 5.75 Å². The maximum absolute atomic E-state index is 12.7. The lowest BCUT2D eigenvalue weighted by Crippen LogP contribution is -2.15. The van der Waals surface area contributed by atoms with Gasteiger partial charge in [-0.25, -0.2) is 9.67 Å². The van der Waals surface area contributed by atoms with E-state index in [1.165, 1.54) is 42.1 Å². The molecule has 0 unspecified atom stereocenters. The number of ether oxygens (including phenoxy) is 1. The molecule has 152 valence electrons. The molecular formula is C18H13F5N4O2. The second-order valence-corrected chi connectivity index (χ2v) is 5.79. The Morgan fingerprint density at radius 1 is 1.14 bits per heavy atom. The van der Waals surface area contributed by atoms with Crippen LogP contribution in [0.4, 0.5) is 27.6 Å². The van der Waals surface area contributed by atoms with E-state index in [0.717, 1.165) is 12.1 Å². The van der Waals surface area contributed by atoms with Gasteiger partial charge in [-0.3, -0.25) is 4.79 Å². The highest BCUT2D eigenvalue weighted by Crippen LogP contribution is 2.29. The molecule has 11 heteroatoms. The molecule has 3 aromatic rings. The van der Waals surface area contributed by atoms with Crippen molar-refractivity contribution in [3.8, 4) is 11.6 Å². The van der Waals surface area contributed by atoms with Gasteiger partial charge in [0.15, 0.2) is 5.82 Å². The summed E-state index contributed by atoms with van der Waals surface area (Å²) in [5.41, 5.74) is -0.516. The van der Waals surface area contributed by atoms with Crippen LogP contribution in [0.2, 0.25) is 0 Å². The van der Waals surface area contributed by atoms with Crippen molar-refractivity contribution in [2.45, 2.75) is 19.7 Å². The van der Waals surface area contributed by atoms with Crippen LogP contribution in [0.25, 0.3) is 5.82 Å². The van der Waals surface area contributed by atoms with E-state index in [1.54, 1.807) is 0 Å². The zero-order valence-corrected chi connectivity index (χ0v) is 14.7. The third kappa shape index (κ3) is 4.50. The van der Waals surface area contributed by atoms with E-state index in [0.29, 0.717) is 11.9 Å². The monoisotopic (exact) mass is 412 g/mol. The highest BCUT2D eigenvalue weighted by Gasteiger charge is 2.30. The van der Waals surface area contributed by atoms with Crippen LogP contribution in [0.1, 0.15) is 21.6 Å². The molecule has 0 radical (unpaired) electrons. The Morgan fingerprint density at radius 3 is 2.48 bits per heavy atom. The molecule has 0 aliphatic rings. The molecule has 0 aliphatic heterocycles. The third-order valence-corrected chi connectivity index (χ3v) is 3.90. The molecule has 0 spiro atoms. The van der Waals surface area contributed by atoms with E-state index in [4.69, 9.17) is 0 Å². The second-order valence-electron chi connectivity index (χ2n) is 5.79. The Kier molecular flexibility index (Phi) is 5.48. The molecule has 2 heterocycles. The minimum atomic E-state index is -4.52. The molecule has 29 heavy (non-hydrogen) atoms. The van der Waals surface area contributed by atoms with Crippen molar-refractivity contribution < 1.29 is 31.5 Å². The Labute approximate surface area is 160 Å². The Bertz CT molecular complexity index is 1020. The first-order valence-corrected chi connectivity index (χ1v) is 8.10. The highest BCUT2D eigenvalue weighted by atomic mass is 19.4. The fourth-order valence-electron chi connectivity index (χ4n) is 2.50. The van der Waals surface area contributed by atoms with E-state index in [2.05, 4.69) is 20.1 Å². The number of halogens is 5. The van der Waals surface area contributed by atoms with Gasteiger partial charge in [-0.15, -0.1) is 0 Å². The maximum Gasteiger partial charge on any atom is 0.417 e. The van der Waals surface area contributed by atoms with E-state index >= 15 is 0 Å². The summed E-state index contributed by atoms with van der Waals surface area (Å²) in [5, 5.41) is 6.42. The fourth-order valence-corrected chi connectivity index (χ4v) is 2.50. The predicted molar refractivity (Wildman–Crippen MR) is 92.1 cm³/mol. The van der Waals surface area contributed by atoms with E-state index < -0.39 is 24.3 Å². The summed E-state index contributed by atoms with van der Waals surface area (Å²) in [5.74, 6) is -0.799. The molecule has 2 aromatic heterocycles. The quantitative estimate of drug-likeness (QED) is 0.629. The number of pyridine rings is 1. The van der Waals surface area contributed by atoms with Crippen LogP contribution >= 0.6 is 0 Å². The van der Waals surface area contributed by atoms with Gasteiger partial charge in [-0.1, -0.05) is 12.1 Å². The summed E-state index contributed by atoms with van der Waals surface area (Å²) in [6.45, 7) is -1.55. The average molecular weight is 412 g/mol. The molecule has 0 atom stereocenters. The number of hydrogen-bond acceptors (Lipinski definition) is 4. The van der Waals surface area contributed by atoms with Gasteiger partial charge >= 0.3 is 12.8 Å². The van der Waals surface area contributed by atoms with Crippen molar-refractivity contribution in [3.05, 3.63) is 65.6 Å². The zero-order valence-electron chi connectivity index (χ0n) is 14.7. The molecule has 0 bridgehead atoms. The van der Waals surface area contributed by atoms with E-state index in [9.17, 15) is 26.7 Å². The third-order valence-electron chi connectivity index (χ3n) is 3.90. The highest BCUT2D eigenvalue weighted by molar-refractivity contribution is 6.05. The number of hydrogen-bond donors (Lipinski definition) is 1. The minimum Gasteiger partial charge on any atom is -0.433 e. The second kappa shape index (κ2) is 7.86. The summed E-state index contributed by atoms with van der Waals surface area (Å²) in [7, 11) is 0. The van der Waals surface area contributed by atoms with Crippen LogP contribution in [0, 0.1) is 6.92 Å². The first-order chi connectivity index (χ1) is 13.7. The molecule has 1 amide bonds. The maximum atomic E-state index is 12.7. The van der Waals surface area contributed by atoms with Crippen molar-refractivity contribution in [2.75, 3.05) is 5.32 Å². The van der Waals surface area contributed by atoms with E-state index in [1.807, 2.05) is 0 Å². The van der Waals surface area contributed by atoms with Crippen LogP contribution in [-0.4, -0.2) is 27.3 Å². The first kappa shape index (κ1) is 20.2. The van der Waals surface area contributed by atoms with Crippen molar-refractivity contribution in [1.82, 2.24) is 14.8 Å². The number of nitrogens with zero attached hydrogens (tertiary/aromatic N) is 3. The Balaban J connectivity index is 1.83. The number of para-hydroxylation sites is 2. The molecule has 6 nitrogen and oxygen atoms in total. The Morgan fingerprint density at radius 2 is 1.86 bits per heavy atom. The van der Waals surface area contributed by atoms with Crippen molar-refractivity contribution >= 4 is 11.6 Å². The van der Waals surface area contributed by atoms with Gasteiger partial charge in [-0.05, 0) is 31.2 Å². The van der Waals surface area contributed by atoms with Crippen LogP contribution in [0.15, 0.2) is 48.8 Å². The van der Waals surface area contributed by atoms with Gasteiger partial charge in [0.1, 0.15) is 5.75 Å². The number of aromatic nitrogens is 3. The number of carbonyl (C=O) groups is 1. The number of anilines is 1. The Hall–Kier alpha value is -3.50. The topological polar surface area (TPSA) is 69.0 Å².